The first-order valence-electron chi connectivity index (χ1n) is 16.5. The lowest BCUT2D eigenvalue weighted by Gasteiger charge is -2.33. The summed E-state index contributed by atoms with van der Waals surface area (Å²) >= 11 is 0. The van der Waals surface area contributed by atoms with Gasteiger partial charge < -0.3 is 52.7 Å². The number of carbonyl (C=O) groups excluding carboxylic acids is 5. The fraction of sp³-hybridized carbons (Fsp3) is 0.676. The molecule has 16 heteroatoms. The van der Waals surface area contributed by atoms with Crippen molar-refractivity contribution in [3.63, 3.8) is 0 Å². The molecule has 0 spiro atoms. The number of hydrogen-bond acceptors (Lipinski definition) is 15. The third kappa shape index (κ3) is 28.1. The second-order valence-corrected chi connectivity index (χ2v) is 10.6. The van der Waals surface area contributed by atoms with E-state index in [0.29, 0.717) is 19.6 Å². The molecule has 0 aliphatic rings. The Bertz CT molecular complexity index is 914. The maximum absolute atomic E-state index is 12.1. The molecule has 0 aromatic rings. The average molecular weight is 718 g/mol. The summed E-state index contributed by atoms with van der Waals surface area (Å²) < 4.78 is 53.0. The van der Waals surface area contributed by atoms with E-state index in [9.17, 15) is 24.0 Å². The highest BCUT2D eigenvalue weighted by Crippen LogP contribution is 2.21. The van der Waals surface area contributed by atoms with E-state index in [1.54, 1.807) is 7.11 Å². The number of nitrogens with one attached hydrogen (secondary N) is 1. The molecular formula is C34H55NO15. The smallest absolute Gasteiger partial charge is 0.407 e. The summed E-state index contributed by atoms with van der Waals surface area (Å²) in [4.78, 5) is 57.7. The lowest BCUT2D eigenvalue weighted by Crippen LogP contribution is -2.43. The number of ether oxygens (including phenoxy) is 10. The Labute approximate surface area is 294 Å². The van der Waals surface area contributed by atoms with Gasteiger partial charge in [-0.2, -0.15) is 0 Å². The molecule has 286 valence electrons. The van der Waals surface area contributed by atoms with E-state index in [4.69, 9.17) is 47.4 Å². The standard InChI is InChI=1S/C34H55NO15/c1-5-29(36)46-21-16-42-25-34(26-43-17-22-47-30(37)6-2,27-44-18-23-48-31(38)7-3)28-45-19-24-50-33(40)35-14-12-10-8-9-11-13-32(39)49-20-15-41-4/h5-7H,1-3,8-28H2,4H3,(H,35,40). The number of amides is 1. The zero-order chi connectivity index (χ0) is 37.1. The van der Waals surface area contributed by atoms with Crippen LogP contribution in [-0.2, 0) is 66.5 Å². The van der Waals surface area contributed by atoms with E-state index < -0.39 is 29.4 Å². The Morgan fingerprint density at radius 3 is 1.36 bits per heavy atom. The second-order valence-electron chi connectivity index (χ2n) is 10.6. The number of unbranched alkanes of at least 4 members (excludes halogenated alkanes) is 4. The summed E-state index contributed by atoms with van der Waals surface area (Å²) in [6, 6.07) is 0. The molecule has 16 nitrogen and oxygen atoms in total. The Hall–Kier alpha value is -3.83. The van der Waals surface area contributed by atoms with Crippen LogP contribution in [0.25, 0.3) is 0 Å². The summed E-state index contributed by atoms with van der Waals surface area (Å²) in [5.74, 6) is -2.00. The number of hydrogen-bond donors (Lipinski definition) is 1. The Kier molecular flexibility index (Phi) is 29.9. The van der Waals surface area contributed by atoms with Crippen molar-refractivity contribution >= 4 is 30.0 Å². The van der Waals surface area contributed by atoms with Gasteiger partial charge in [-0.05, 0) is 12.8 Å². The maximum atomic E-state index is 12.1. The van der Waals surface area contributed by atoms with E-state index >= 15 is 0 Å². The van der Waals surface area contributed by atoms with Gasteiger partial charge in [-0.1, -0.05) is 39.0 Å². The molecule has 0 saturated carbocycles. The second kappa shape index (κ2) is 32.4. The molecule has 0 radical (unpaired) electrons. The van der Waals surface area contributed by atoms with Crippen LogP contribution in [0.3, 0.4) is 0 Å². The molecule has 1 amide bonds. The van der Waals surface area contributed by atoms with Crippen molar-refractivity contribution in [3.05, 3.63) is 38.0 Å². The normalized spacial score (nSPS) is 10.8. The summed E-state index contributed by atoms with van der Waals surface area (Å²) in [5.41, 5.74) is -0.917. The fourth-order valence-corrected chi connectivity index (χ4v) is 3.86. The number of rotatable bonds is 34. The van der Waals surface area contributed by atoms with Crippen LogP contribution in [-0.4, -0.2) is 136 Å². The molecule has 50 heavy (non-hydrogen) atoms. The van der Waals surface area contributed by atoms with E-state index in [1.165, 1.54) is 0 Å². The SMILES string of the molecule is C=CC(=O)OCCOCC(COCCOC(=O)C=C)(COCCOC(=O)C=C)COCCOC(=O)NCCCCCCCC(=O)OCCOC. The average Bonchev–Trinajstić information content (AvgIpc) is 3.11. The number of alkyl carbamates (subject to hydrolysis) is 1. The predicted molar refractivity (Wildman–Crippen MR) is 179 cm³/mol. The first-order chi connectivity index (χ1) is 24.2. The highest BCUT2D eigenvalue weighted by Gasteiger charge is 2.33. The highest BCUT2D eigenvalue weighted by atomic mass is 16.6. The van der Waals surface area contributed by atoms with Crippen LogP contribution >= 0.6 is 0 Å². The van der Waals surface area contributed by atoms with Gasteiger partial charge in [0.05, 0.1) is 64.9 Å². The predicted octanol–water partition coefficient (Wildman–Crippen LogP) is 2.48. The van der Waals surface area contributed by atoms with Crippen molar-refractivity contribution in [2.45, 2.75) is 38.5 Å². The van der Waals surface area contributed by atoms with E-state index in [1.807, 2.05) is 0 Å². The first kappa shape index (κ1) is 46.2. The third-order valence-electron chi connectivity index (χ3n) is 6.39. The molecule has 0 aliphatic heterocycles. The largest absolute Gasteiger partial charge is 0.463 e. The number of esters is 4. The molecular weight excluding hydrogens is 662 g/mol. The molecule has 0 heterocycles. The Morgan fingerprint density at radius 2 is 0.920 bits per heavy atom. The van der Waals surface area contributed by atoms with Crippen molar-refractivity contribution in [1.29, 1.82) is 0 Å². The van der Waals surface area contributed by atoms with Gasteiger partial charge in [-0.3, -0.25) is 4.79 Å². The van der Waals surface area contributed by atoms with Gasteiger partial charge in [0.2, 0.25) is 0 Å². The Balaban J connectivity index is 4.77. The van der Waals surface area contributed by atoms with Crippen molar-refractivity contribution in [2.24, 2.45) is 5.41 Å². The summed E-state index contributed by atoms with van der Waals surface area (Å²) in [5, 5.41) is 2.69. The monoisotopic (exact) mass is 717 g/mol. The summed E-state index contributed by atoms with van der Waals surface area (Å²) in [7, 11) is 1.55. The lowest BCUT2D eigenvalue weighted by atomic mass is 9.92. The number of carbonyl (C=O) groups is 5. The highest BCUT2D eigenvalue weighted by molar-refractivity contribution is 5.81. The molecule has 0 fully saturated rings. The molecule has 0 aliphatic carbocycles. The van der Waals surface area contributed by atoms with Gasteiger partial charge in [-0.15, -0.1) is 0 Å². The Morgan fingerprint density at radius 1 is 0.520 bits per heavy atom. The molecule has 0 aromatic carbocycles. The summed E-state index contributed by atoms with van der Waals surface area (Å²) in [6.07, 6.45) is 7.12. The maximum Gasteiger partial charge on any atom is 0.407 e. The van der Waals surface area contributed by atoms with Crippen molar-refractivity contribution in [1.82, 2.24) is 5.32 Å². The molecule has 0 bridgehead atoms. The molecule has 1 N–H and O–H groups in total. The van der Waals surface area contributed by atoms with Gasteiger partial charge >= 0.3 is 30.0 Å². The van der Waals surface area contributed by atoms with Crippen LogP contribution in [0, 0.1) is 5.41 Å². The van der Waals surface area contributed by atoms with E-state index in [-0.39, 0.29) is 91.9 Å². The van der Waals surface area contributed by atoms with Crippen molar-refractivity contribution < 1.29 is 71.3 Å². The lowest BCUT2D eigenvalue weighted by molar-refractivity contribution is -0.146. The van der Waals surface area contributed by atoms with Gasteiger partial charge in [0.25, 0.3) is 0 Å². The van der Waals surface area contributed by atoms with E-state index in [2.05, 4.69) is 25.1 Å². The van der Waals surface area contributed by atoms with Crippen molar-refractivity contribution in [3.8, 4) is 0 Å². The minimum absolute atomic E-state index is 0.0202. The van der Waals surface area contributed by atoms with Gasteiger partial charge in [0.15, 0.2) is 0 Å². The zero-order valence-corrected chi connectivity index (χ0v) is 29.3. The van der Waals surface area contributed by atoms with Crippen LogP contribution in [0.5, 0.6) is 0 Å². The fourth-order valence-electron chi connectivity index (χ4n) is 3.86. The third-order valence-corrected chi connectivity index (χ3v) is 6.39. The van der Waals surface area contributed by atoms with Crippen LogP contribution in [0.2, 0.25) is 0 Å². The quantitative estimate of drug-likeness (QED) is 0.0442. The van der Waals surface area contributed by atoms with Gasteiger partial charge in [0, 0.05) is 38.3 Å². The van der Waals surface area contributed by atoms with Crippen LogP contribution < -0.4 is 5.32 Å². The van der Waals surface area contributed by atoms with Gasteiger partial charge in [0.1, 0.15) is 33.0 Å². The number of methoxy groups -OCH3 is 1. The van der Waals surface area contributed by atoms with Crippen LogP contribution in [0.4, 0.5) is 4.79 Å². The van der Waals surface area contributed by atoms with Crippen LogP contribution in [0.15, 0.2) is 38.0 Å². The minimum Gasteiger partial charge on any atom is -0.463 e. The summed E-state index contributed by atoms with van der Waals surface area (Å²) in [6.45, 7) is 11.4. The van der Waals surface area contributed by atoms with Crippen molar-refractivity contribution in [2.75, 3.05) is 106 Å². The molecule has 0 atom stereocenters. The first-order valence-corrected chi connectivity index (χ1v) is 16.5. The molecule has 0 unspecified atom stereocenters. The van der Waals surface area contributed by atoms with E-state index in [0.717, 1.165) is 50.3 Å². The minimum atomic E-state index is -0.917. The molecule has 0 saturated heterocycles. The van der Waals surface area contributed by atoms with Gasteiger partial charge in [-0.25, -0.2) is 19.2 Å². The topological polar surface area (TPSA) is 190 Å². The molecule has 0 aromatic heterocycles. The molecule has 0 rings (SSSR count). The van der Waals surface area contributed by atoms with Crippen LogP contribution in [0.1, 0.15) is 38.5 Å². The zero-order valence-electron chi connectivity index (χ0n) is 29.3.